The number of nitrogens with zero attached hydrogens (tertiary/aromatic N) is 2. The normalized spacial score (nSPS) is 22.0. The van der Waals surface area contributed by atoms with E-state index in [1.165, 1.54) is 24.3 Å². The van der Waals surface area contributed by atoms with Gasteiger partial charge in [-0.3, -0.25) is 0 Å². The first kappa shape index (κ1) is 21.6. The van der Waals surface area contributed by atoms with E-state index in [2.05, 4.69) is 30.6 Å². The molecule has 3 rings (SSSR count). The highest BCUT2D eigenvalue weighted by molar-refractivity contribution is 7.89. The van der Waals surface area contributed by atoms with Crippen molar-refractivity contribution in [2.24, 2.45) is 11.3 Å². The summed E-state index contributed by atoms with van der Waals surface area (Å²) in [7, 11) is -3.66. The molecule has 0 aliphatic heterocycles. The van der Waals surface area contributed by atoms with Crippen LogP contribution in [0.25, 0.3) is 5.69 Å². The average molecular weight is 424 g/mol. The number of sulfonamides is 1. The Bertz CT molecular complexity index is 1010. The number of hydrogen-bond acceptors (Lipinski definition) is 6. The van der Waals surface area contributed by atoms with E-state index in [4.69, 9.17) is 9.15 Å². The van der Waals surface area contributed by atoms with Crippen molar-refractivity contribution >= 4 is 10.0 Å². The summed E-state index contributed by atoms with van der Waals surface area (Å²) in [6, 6.07) is 5.86. The molecule has 1 N–H and O–H groups in total. The first-order valence-electron chi connectivity index (χ1n) is 9.85. The van der Waals surface area contributed by atoms with Gasteiger partial charge in [0.05, 0.1) is 16.7 Å². The highest BCUT2D eigenvalue weighted by atomic mass is 32.2. The second kappa shape index (κ2) is 7.95. The van der Waals surface area contributed by atoms with Gasteiger partial charge in [0, 0.05) is 6.04 Å². The number of ether oxygens (including phenoxy) is 1. The number of rotatable bonds is 6. The summed E-state index contributed by atoms with van der Waals surface area (Å²) in [5.74, 6) is -0.233. The van der Waals surface area contributed by atoms with Crippen LogP contribution in [0.1, 0.15) is 53.9 Å². The van der Waals surface area contributed by atoms with Gasteiger partial charge in [0.2, 0.25) is 10.0 Å². The molecular formula is C20H29N3O5S. The van der Waals surface area contributed by atoms with E-state index < -0.39 is 15.8 Å². The highest BCUT2D eigenvalue weighted by Gasteiger charge is 2.34. The van der Waals surface area contributed by atoms with Gasteiger partial charge in [0.15, 0.2) is 0 Å². The molecule has 1 aromatic heterocycles. The molecule has 2 atom stereocenters. The molecule has 8 nitrogen and oxygen atoms in total. The Morgan fingerprint density at radius 1 is 1.24 bits per heavy atom. The number of benzene rings is 1. The van der Waals surface area contributed by atoms with Crippen molar-refractivity contribution in [1.29, 1.82) is 0 Å². The molecule has 0 spiro atoms. The first-order valence-corrected chi connectivity index (χ1v) is 11.3. The van der Waals surface area contributed by atoms with Gasteiger partial charge in [0.1, 0.15) is 0 Å². The summed E-state index contributed by atoms with van der Waals surface area (Å²) < 4.78 is 39.8. The lowest BCUT2D eigenvalue weighted by molar-refractivity contribution is 0.163. The maximum absolute atomic E-state index is 12.8. The molecule has 160 valence electrons. The van der Waals surface area contributed by atoms with E-state index in [1.54, 1.807) is 13.8 Å². The van der Waals surface area contributed by atoms with Crippen LogP contribution in [0.3, 0.4) is 0 Å². The van der Waals surface area contributed by atoms with Gasteiger partial charge in [-0.2, -0.15) is 4.68 Å². The van der Waals surface area contributed by atoms with E-state index in [-0.39, 0.29) is 28.5 Å². The van der Waals surface area contributed by atoms with E-state index in [1.807, 2.05) is 0 Å². The molecule has 2 aromatic rings. The third kappa shape index (κ3) is 5.27. The molecular weight excluding hydrogens is 394 g/mol. The third-order valence-electron chi connectivity index (χ3n) is 4.97. The SMILES string of the molecule is CC1CC(NS(=O)(=O)c2ccc(-n3nc(OC(C)C)oc3=O)cc2)CC(C)(C)C1. The molecule has 0 amide bonds. The Kier molecular flexibility index (Phi) is 5.91. The van der Waals surface area contributed by atoms with Crippen LogP contribution in [0.2, 0.25) is 0 Å². The average Bonchev–Trinajstić information content (AvgIpc) is 2.92. The first-order chi connectivity index (χ1) is 13.4. The topological polar surface area (TPSA) is 103 Å². The number of aromatic nitrogens is 2. The van der Waals surface area contributed by atoms with E-state index >= 15 is 0 Å². The summed E-state index contributed by atoms with van der Waals surface area (Å²) in [4.78, 5) is 12.1. The van der Waals surface area contributed by atoms with Crippen molar-refractivity contribution < 1.29 is 17.6 Å². The maximum Gasteiger partial charge on any atom is 0.444 e. The zero-order chi connectivity index (χ0) is 21.4. The lowest BCUT2D eigenvalue weighted by Crippen LogP contribution is -2.42. The standard InChI is InChI=1S/C20H29N3O5S/c1-13(2)27-18-21-23(19(24)28-18)16-6-8-17(9-7-16)29(25,26)22-15-10-14(3)11-20(4,5)12-15/h6-9,13-15,22H,10-12H2,1-5H3. The summed E-state index contributed by atoms with van der Waals surface area (Å²) in [6.45, 7) is 10.1. The molecule has 1 saturated carbocycles. The van der Waals surface area contributed by atoms with Gasteiger partial charge in [-0.05, 0) is 68.7 Å². The molecule has 1 heterocycles. The number of nitrogens with one attached hydrogen (secondary N) is 1. The molecule has 1 aliphatic rings. The van der Waals surface area contributed by atoms with Gasteiger partial charge in [-0.15, -0.1) is 0 Å². The second-order valence-electron chi connectivity index (χ2n) is 8.94. The van der Waals surface area contributed by atoms with Gasteiger partial charge >= 0.3 is 11.8 Å². The zero-order valence-electron chi connectivity index (χ0n) is 17.5. The molecule has 1 fully saturated rings. The summed E-state index contributed by atoms with van der Waals surface area (Å²) in [6.07, 6.45) is 2.41. The summed E-state index contributed by atoms with van der Waals surface area (Å²) >= 11 is 0. The Morgan fingerprint density at radius 3 is 2.48 bits per heavy atom. The summed E-state index contributed by atoms with van der Waals surface area (Å²) in [5, 5.41) is 3.98. The lowest BCUT2D eigenvalue weighted by atomic mass is 9.71. The van der Waals surface area contributed by atoms with Crippen LogP contribution in [0.5, 0.6) is 6.08 Å². The van der Waals surface area contributed by atoms with Crippen molar-refractivity contribution in [2.45, 2.75) is 70.9 Å². The minimum Gasteiger partial charge on any atom is -0.446 e. The smallest absolute Gasteiger partial charge is 0.444 e. The van der Waals surface area contributed by atoms with Crippen LogP contribution in [0.4, 0.5) is 0 Å². The van der Waals surface area contributed by atoms with Crippen LogP contribution in [0.15, 0.2) is 38.4 Å². The molecule has 0 radical (unpaired) electrons. The van der Waals surface area contributed by atoms with Gasteiger partial charge in [-0.25, -0.2) is 17.9 Å². The van der Waals surface area contributed by atoms with E-state index in [9.17, 15) is 13.2 Å². The fourth-order valence-corrected chi connectivity index (χ4v) is 5.41. The van der Waals surface area contributed by atoms with Gasteiger partial charge in [0.25, 0.3) is 0 Å². The molecule has 1 aromatic carbocycles. The van der Waals surface area contributed by atoms with Crippen LogP contribution in [-0.2, 0) is 10.0 Å². The fourth-order valence-electron chi connectivity index (χ4n) is 4.16. The Labute approximate surface area is 171 Å². The largest absolute Gasteiger partial charge is 0.446 e. The zero-order valence-corrected chi connectivity index (χ0v) is 18.3. The van der Waals surface area contributed by atoms with Crippen molar-refractivity contribution in [1.82, 2.24) is 14.5 Å². The summed E-state index contributed by atoms with van der Waals surface area (Å²) in [5.41, 5.74) is 0.502. The van der Waals surface area contributed by atoms with Crippen molar-refractivity contribution in [2.75, 3.05) is 0 Å². The maximum atomic E-state index is 12.8. The molecule has 0 bridgehead atoms. The highest BCUT2D eigenvalue weighted by Crippen LogP contribution is 2.38. The van der Waals surface area contributed by atoms with Crippen molar-refractivity contribution in [3.8, 4) is 11.8 Å². The predicted octanol–water partition coefficient (Wildman–Crippen LogP) is 3.11. The molecule has 9 heteroatoms. The minimum atomic E-state index is -3.66. The van der Waals surface area contributed by atoms with Crippen molar-refractivity contribution in [3.05, 3.63) is 34.8 Å². The molecule has 29 heavy (non-hydrogen) atoms. The van der Waals surface area contributed by atoms with E-state index in [0.29, 0.717) is 11.6 Å². The number of hydrogen-bond donors (Lipinski definition) is 1. The molecule has 0 saturated heterocycles. The van der Waals surface area contributed by atoms with Crippen LogP contribution >= 0.6 is 0 Å². The molecule has 1 aliphatic carbocycles. The van der Waals surface area contributed by atoms with Crippen LogP contribution in [0, 0.1) is 11.3 Å². The fraction of sp³-hybridized carbons (Fsp3) is 0.600. The van der Waals surface area contributed by atoms with E-state index in [0.717, 1.165) is 23.9 Å². The quantitative estimate of drug-likeness (QED) is 0.766. The Hall–Kier alpha value is -2.13. The minimum absolute atomic E-state index is 0.0904. The van der Waals surface area contributed by atoms with Crippen molar-refractivity contribution in [3.63, 3.8) is 0 Å². The predicted molar refractivity (Wildman–Crippen MR) is 109 cm³/mol. The Balaban J connectivity index is 1.77. The Morgan fingerprint density at radius 2 is 1.90 bits per heavy atom. The third-order valence-corrected chi connectivity index (χ3v) is 6.50. The van der Waals surface area contributed by atoms with Gasteiger partial charge < -0.3 is 9.15 Å². The lowest BCUT2D eigenvalue weighted by Gasteiger charge is -2.39. The van der Waals surface area contributed by atoms with Crippen LogP contribution < -0.4 is 15.2 Å². The second-order valence-corrected chi connectivity index (χ2v) is 10.7. The van der Waals surface area contributed by atoms with Gasteiger partial charge in [-0.1, -0.05) is 25.9 Å². The van der Waals surface area contributed by atoms with Crippen LogP contribution in [-0.4, -0.2) is 30.3 Å². The molecule has 2 unspecified atom stereocenters. The monoisotopic (exact) mass is 423 g/mol.